The number of amides is 1. The van der Waals surface area contributed by atoms with Crippen LogP contribution >= 0.6 is 11.6 Å². The lowest BCUT2D eigenvalue weighted by atomic mass is 10.1. The number of hydrogen-bond acceptors (Lipinski definition) is 3. The highest BCUT2D eigenvalue weighted by Gasteiger charge is 2.09. The zero-order valence-corrected chi connectivity index (χ0v) is 12.5. The highest BCUT2D eigenvalue weighted by atomic mass is 35.5. The van der Waals surface area contributed by atoms with Crippen molar-refractivity contribution in [1.82, 2.24) is 14.9 Å². The number of benzene rings is 1. The van der Waals surface area contributed by atoms with Gasteiger partial charge in [-0.25, -0.2) is 4.98 Å². The van der Waals surface area contributed by atoms with Crippen molar-refractivity contribution in [3.8, 4) is 5.75 Å². The van der Waals surface area contributed by atoms with Crippen molar-refractivity contribution in [2.24, 2.45) is 5.92 Å². The van der Waals surface area contributed by atoms with Gasteiger partial charge < -0.3 is 15.0 Å². The molecule has 0 aliphatic carbocycles. The summed E-state index contributed by atoms with van der Waals surface area (Å²) in [6, 6.07) is 4.62. The minimum Gasteiger partial charge on any atom is -0.508 e. The molecule has 6 heteroatoms. The van der Waals surface area contributed by atoms with Gasteiger partial charge in [-0.05, 0) is 23.6 Å². The average molecular weight is 308 g/mol. The first kappa shape index (κ1) is 15.4. The maximum absolute atomic E-state index is 11.9. The normalized spacial score (nSPS) is 12.1. The first-order chi connectivity index (χ1) is 10.0. The van der Waals surface area contributed by atoms with Gasteiger partial charge >= 0.3 is 0 Å². The van der Waals surface area contributed by atoms with Crippen LogP contribution in [-0.4, -0.2) is 27.1 Å². The summed E-state index contributed by atoms with van der Waals surface area (Å²) in [5.41, 5.74) is 0.703. The van der Waals surface area contributed by atoms with Crippen LogP contribution in [0.3, 0.4) is 0 Å². The van der Waals surface area contributed by atoms with Crippen molar-refractivity contribution >= 4 is 17.5 Å². The van der Waals surface area contributed by atoms with Crippen LogP contribution < -0.4 is 5.32 Å². The molecule has 1 unspecified atom stereocenters. The van der Waals surface area contributed by atoms with Gasteiger partial charge in [-0.2, -0.15) is 0 Å². The number of aromatic hydroxyl groups is 1. The number of nitrogens with one attached hydrogen (secondary N) is 1. The zero-order chi connectivity index (χ0) is 15.2. The molecule has 0 radical (unpaired) electrons. The number of hydrogen-bond donors (Lipinski definition) is 2. The van der Waals surface area contributed by atoms with Crippen molar-refractivity contribution in [1.29, 1.82) is 0 Å². The van der Waals surface area contributed by atoms with Crippen LogP contribution in [0.25, 0.3) is 0 Å². The molecular formula is C15H18ClN3O2. The Morgan fingerprint density at radius 1 is 1.52 bits per heavy atom. The minimum atomic E-state index is -0.0833. The fourth-order valence-electron chi connectivity index (χ4n) is 2.02. The second-order valence-electron chi connectivity index (χ2n) is 5.12. The Kier molecular flexibility index (Phi) is 5.22. The smallest absolute Gasteiger partial charge is 0.224 e. The lowest BCUT2D eigenvalue weighted by Gasteiger charge is -2.13. The SMILES string of the molecule is CC(CNC(=O)Cc1ccc(O)cc1Cl)Cn1ccnc1. The van der Waals surface area contributed by atoms with Crippen molar-refractivity contribution in [2.45, 2.75) is 19.9 Å². The quantitative estimate of drug-likeness (QED) is 0.860. The highest BCUT2D eigenvalue weighted by molar-refractivity contribution is 6.31. The molecule has 1 aromatic heterocycles. The molecule has 112 valence electrons. The van der Waals surface area contributed by atoms with E-state index in [-0.39, 0.29) is 18.1 Å². The summed E-state index contributed by atoms with van der Waals surface area (Å²) in [6.07, 6.45) is 5.60. The van der Waals surface area contributed by atoms with Gasteiger partial charge in [0.15, 0.2) is 0 Å². The van der Waals surface area contributed by atoms with E-state index in [1.54, 1.807) is 18.6 Å². The summed E-state index contributed by atoms with van der Waals surface area (Å²) >= 11 is 5.98. The molecule has 1 amide bonds. The summed E-state index contributed by atoms with van der Waals surface area (Å²) in [6.45, 7) is 3.46. The fourth-order valence-corrected chi connectivity index (χ4v) is 2.26. The number of phenolic OH excluding ortho intramolecular Hbond substituents is 1. The number of rotatable bonds is 6. The van der Waals surface area contributed by atoms with Gasteiger partial charge in [-0.15, -0.1) is 0 Å². The molecule has 2 aromatic rings. The first-order valence-electron chi connectivity index (χ1n) is 6.74. The molecule has 1 atom stereocenters. The highest BCUT2D eigenvalue weighted by Crippen LogP contribution is 2.21. The second kappa shape index (κ2) is 7.13. The molecule has 0 saturated heterocycles. The number of carbonyl (C=O) groups is 1. The Morgan fingerprint density at radius 3 is 3.00 bits per heavy atom. The molecule has 2 N–H and O–H groups in total. The Bertz CT molecular complexity index is 599. The van der Waals surface area contributed by atoms with Gasteiger partial charge in [-0.3, -0.25) is 4.79 Å². The summed E-state index contributed by atoms with van der Waals surface area (Å²) < 4.78 is 1.98. The predicted octanol–water partition coefficient (Wildman–Crippen LogP) is 2.24. The number of nitrogens with zero attached hydrogens (tertiary/aromatic N) is 2. The molecule has 0 spiro atoms. The number of phenols is 1. The molecule has 2 rings (SSSR count). The number of halogens is 1. The zero-order valence-electron chi connectivity index (χ0n) is 11.8. The fraction of sp³-hybridized carbons (Fsp3) is 0.333. The molecule has 0 aliphatic heterocycles. The van der Waals surface area contributed by atoms with Crippen LogP contribution in [0.15, 0.2) is 36.9 Å². The van der Waals surface area contributed by atoms with E-state index >= 15 is 0 Å². The third-order valence-corrected chi connectivity index (χ3v) is 3.47. The van der Waals surface area contributed by atoms with Crippen LogP contribution in [0.1, 0.15) is 12.5 Å². The molecule has 1 heterocycles. The van der Waals surface area contributed by atoms with E-state index in [0.29, 0.717) is 23.0 Å². The van der Waals surface area contributed by atoms with Crippen LogP contribution in [0.2, 0.25) is 5.02 Å². The Labute approximate surface area is 128 Å². The monoisotopic (exact) mass is 307 g/mol. The van der Waals surface area contributed by atoms with Crippen LogP contribution in [-0.2, 0) is 17.8 Å². The van der Waals surface area contributed by atoms with Gasteiger partial charge in [0.25, 0.3) is 0 Å². The van der Waals surface area contributed by atoms with Crippen LogP contribution in [0.5, 0.6) is 5.75 Å². The van der Waals surface area contributed by atoms with E-state index < -0.39 is 0 Å². The number of aromatic nitrogens is 2. The van der Waals surface area contributed by atoms with E-state index in [1.165, 1.54) is 12.1 Å². The summed E-state index contributed by atoms with van der Waals surface area (Å²) in [7, 11) is 0. The standard InChI is InChI=1S/C15H18ClN3O2/c1-11(9-19-5-4-17-10-19)8-18-15(21)6-12-2-3-13(20)7-14(12)16/h2-5,7,10-11,20H,6,8-9H2,1H3,(H,18,21). The summed E-state index contributed by atoms with van der Waals surface area (Å²) in [4.78, 5) is 15.9. The van der Waals surface area contributed by atoms with Gasteiger partial charge in [0.05, 0.1) is 12.7 Å². The minimum absolute atomic E-state index is 0.0833. The van der Waals surface area contributed by atoms with Gasteiger partial charge in [0.1, 0.15) is 5.75 Å². The Hall–Kier alpha value is -2.01. The summed E-state index contributed by atoms with van der Waals surface area (Å²) in [5.74, 6) is 0.316. The molecule has 0 saturated carbocycles. The maximum atomic E-state index is 11.9. The molecule has 5 nitrogen and oxygen atoms in total. The number of carbonyl (C=O) groups excluding carboxylic acids is 1. The second-order valence-corrected chi connectivity index (χ2v) is 5.53. The molecule has 21 heavy (non-hydrogen) atoms. The molecule has 1 aromatic carbocycles. The van der Waals surface area contributed by atoms with Crippen molar-refractivity contribution in [3.05, 3.63) is 47.5 Å². The van der Waals surface area contributed by atoms with Crippen molar-refractivity contribution < 1.29 is 9.90 Å². The molecule has 0 bridgehead atoms. The lowest BCUT2D eigenvalue weighted by Crippen LogP contribution is -2.31. The van der Waals surface area contributed by atoms with E-state index in [1.807, 2.05) is 10.8 Å². The maximum Gasteiger partial charge on any atom is 0.224 e. The van der Waals surface area contributed by atoms with E-state index in [2.05, 4.69) is 17.2 Å². The van der Waals surface area contributed by atoms with Gasteiger partial charge in [-0.1, -0.05) is 24.6 Å². The molecule has 0 aliphatic rings. The third-order valence-electron chi connectivity index (χ3n) is 3.12. The van der Waals surface area contributed by atoms with Crippen LogP contribution in [0, 0.1) is 5.92 Å². The van der Waals surface area contributed by atoms with E-state index in [9.17, 15) is 9.90 Å². The lowest BCUT2D eigenvalue weighted by molar-refractivity contribution is -0.120. The first-order valence-corrected chi connectivity index (χ1v) is 7.12. The topological polar surface area (TPSA) is 67.2 Å². The number of imidazole rings is 1. The van der Waals surface area contributed by atoms with Crippen molar-refractivity contribution in [2.75, 3.05) is 6.54 Å². The van der Waals surface area contributed by atoms with Gasteiger partial charge in [0.2, 0.25) is 5.91 Å². The van der Waals surface area contributed by atoms with E-state index in [4.69, 9.17) is 11.6 Å². The third kappa shape index (κ3) is 4.79. The Morgan fingerprint density at radius 2 is 2.33 bits per heavy atom. The van der Waals surface area contributed by atoms with Crippen molar-refractivity contribution in [3.63, 3.8) is 0 Å². The van der Waals surface area contributed by atoms with E-state index in [0.717, 1.165) is 6.54 Å². The molecule has 0 fully saturated rings. The Balaban J connectivity index is 1.79. The average Bonchev–Trinajstić information content (AvgIpc) is 2.92. The summed E-state index contributed by atoms with van der Waals surface area (Å²) in [5, 5.41) is 12.6. The largest absolute Gasteiger partial charge is 0.508 e. The van der Waals surface area contributed by atoms with Crippen LogP contribution in [0.4, 0.5) is 0 Å². The molecular weight excluding hydrogens is 290 g/mol. The predicted molar refractivity (Wildman–Crippen MR) is 81.2 cm³/mol. The van der Waals surface area contributed by atoms with Gasteiger partial charge in [0, 0.05) is 30.5 Å².